The Morgan fingerprint density at radius 1 is 1.03 bits per heavy atom. The van der Waals surface area contributed by atoms with Crippen LogP contribution in [0.25, 0.3) is 16.8 Å². The number of nitrogens with zero attached hydrogens (tertiary/aromatic N) is 1. The summed E-state index contributed by atoms with van der Waals surface area (Å²) in [7, 11) is -1.90. The Balaban J connectivity index is 2.21. The molecule has 2 aromatic carbocycles. The quantitative estimate of drug-likeness (QED) is 0.431. The van der Waals surface area contributed by atoms with Gasteiger partial charge in [0.25, 0.3) is 0 Å². The lowest BCUT2D eigenvalue weighted by Gasteiger charge is -2.18. The highest BCUT2D eigenvalue weighted by Crippen LogP contribution is 2.35. The van der Waals surface area contributed by atoms with E-state index in [2.05, 4.69) is 0 Å². The van der Waals surface area contributed by atoms with Crippen LogP contribution in [0.2, 0.25) is 0 Å². The van der Waals surface area contributed by atoms with Crippen molar-refractivity contribution in [1.29, 1.82) is 0 Å². The van der Waals surface area contributed by atoms with E-state index in [9.17, 15) is 13.2 Å². The van der Waals surface area contributed by atoms with Gasteiger partial charge in [0.2, 0.25) is 5.88 Å². The highest BCUT2D eigenvalue weighted by Gasteiger charge is 2.21. The topological polar surface area (TPSA) is 83.8 Å². The third-order valence-electron chi connectivity index (χ3n) is 5.28. The molecule has 0 atom stereocenters. The zero-order valence-corrected chi connectivity index (χ0v) is 20.4. The van der Waals surface area contributed by atoms with E-state index in [1.165, 1.54) is 6.26 Å². The number of methoxy groups -OCH3 is 1. The first-order valence-corrected chi connectivity index (χ1v) is 12.6. The molecule has 0 fully saturated rings. The molecule has 33 heavy (non-hydrogen) atoms. The number of hydrogen-bond acceptors (Lipinski definition) is 6. The first-order valence-electron chi connectivity index (χ1n) is 10.7. The van der Waals surface area contributed by atoms with Gasteiger partial charge in [-0.3, -0.25) is 9.36 Å². The van der Waals surface area contributed by atoms with Crippen molar-refractivity contribution in [1.82, 2.24) is 4.57 Å². The summed E-state index contributed by atoms with van der Waals surface area (Å²) in [6.07, 6.45) is 3.03. The van der Waals surface area contributed by atoms with Gasteiger partial charge in [-0.15, -0.1) is 0 Å². The van der Waals surface area contributed by atoms with E-state index in [-0.39, 0.29) is 17.3 Å². The monoisotopic (exact) mass is 471 g/mol. The Hall–Kier alpha value is -3.26. The van der Waals surface area contributed by atoms with Crippen LogP contribution in [0, 0.1) is 6.92 Å². The van der Waals surface area contributed by atoms with Gasteiger partial charge in [-0.25, -0.2) is 8.42 Å². The molecule has 0 saturated carbocycles. The SMILES string of the molecule is CCOC(=O)Cc1ccn(-c2cc(S(C)(=O)=O)cc(-c3ccc(OC)cc3)c2C)c1OCC. The van der Waals surface area contributed by atoms with Crippen molar-refractivity contribution >= 4 is 15.8 Å². The predicted octanol–water partition coefficient (Wildman–Crippen LogP) is 4.37. The van der Waals surface area contributed by atoms with E-state index in [1.54, 1.807) is 43.0 Å². The zero-order chi connectivity index (χ0) is 24.2. The lowest BCUT2D eigenvalue weighted by Crippen LogP contribution is -2.10. The summed E-state index contributed by atoms with van der Waals surface area (Å²) in [6, 6.07) is 12.6. The number of aromatic nitrogens is 1. The van der Waals surface area contributed by atoms with Gasteiger partial charge in [0.05, 0.1) is 37.3 Å². The van der Waals surface area contributed by atoms with Crippen LogP contribution in [0.5, 0.6) is 11.6 Å². The number of ether oxygens (including phenoxy) is 3. The summed E-state index contributed by atoms with van der Waals surface area (Å²) < 4.78 is 43.1. The Morgan fingerprint density at radius 2 is 1.73 bits per heavy atom. The molecule has 0 spiro atoms. The number of carbonyl (C=O) groups excluding carboxylic acids is 1. The molecule has 0 saturated heterocycles. The van der Waals surface area contributed by atoms with E-state index in [0.29, 0.717) is 36.1 Å². The maximum absolute atomic E-state index is 12.5. The van der Waals surface area contributed by atoms with Crippen molar-refractivity contribution in [3.05, 3.63) is 59.8 Å². The fraction of sp³-hybridized carbons (Fsp3) is 0.320. The van der Waals surface area contributed by atoms with Crippen molar-refractivity contribution in [3.8, 4) is 28.4 Å². The fourth-order valence-electron chi connectivity index (χ4n) is 3.66. The minimum atomic E-state index is -3.49. The second kappa shape index (κ2) is 10.1. The molecule has 0 N–H and O–H groups in total. The van der Waals surface area contributed by atoms with Crippen molar-refractivity contribution < 1.29 is 27.4 Å². The molecule has 0 aliphatic heterocycles. The molecule has 176 valence electrons. The van der Waals surface area contributed by atoms with Crippen LogP contribution in [-0.2, 0) is 25.8 Å². The van der Waals surface area contributed by atoms with Crippen molar-refractivity contribution in [2.24, 2.45) is 0 Å². The van der Waals surface area contributed by atoms with Gasteiger partial charge in [-0.05, 0) is 67.8 Å². The molecule has 0 bridgehead atoms. The highest BCUT2D eigenvalue weighted by molar-refractivity contribution is 7.90. The van der Waals surface area contributed by atoms with Crippen LogP contribution in [0.4, 0.5) is 0 Å². The number of carbonyl (C=O) groups is 1. The van der Waals surface area contributed by atoms with E-state index >= 15 is 0 Å². The van der Waals surface area contributed by atoms with E-state index < -0.39 is 9.84 Å². The van der Waals surface area contributed by atoms with Crippen molar-refractivity contribution in [2.75, 3.05) is 26.6 Å². The minimum Gasteiger partial charge on any atom is -0.497 e. The second-order valence-electron chi connectivity index (χ2n) is 7.55. The Labute approximate surface area is 194 Å². The average molecular weight is 472 g/mol. The number of sulfone groups is 1. The summed E-state index contributed by atoms with van der Waals surface area (Å²) in [6.45, 7) is 6.23. The Bertz CT molecular complexity index is 1240. The largest absolute Gasteiger partial charge is 0.497 e. The number of hydrogen-bond donors (Lipinski definition) is 0. The van der Waals surface area contributed by atoms with Gasteiger partial charge >= 0.3 is 5.97 Å². The summed E-state index contributed by atoms with van der Waals surface area (Å²) in [5.41, 5.74) is 3.83. The van der Waals surface area contributed by atoms with Crippen molar-refractivity contribution in [2.45, 2.75) is 32.1 Å². The molecule has 0 aliphatic carbocycles. The molecule has 7 nitrogen and oxygen atoms in total. The van der Waals surface area contributed by atoms with Crippen LogP contribution in [0.1, 0.15) is 25.0 Å². The van der Waals surface area contributed by atoms with Gasteiger partial charge in [0.1, 0.15) is 5.75 Å². The summed E-state index contributed by atoms with van der Waals surface area (Å²) in [5.74, 6) is 0.847. The van der Waals surface area contributed by atoms with E-state index in [0.717, 1.165) is 16.7 Å². The van der Waals surface area contributed by atoms with Crippen LogP contribution in [0.15, 0.2) is 53.6 Å². The van der Waals surface area contributed by atoms with Gasteiger partial charge < -0.3 is 14.2 Å². The molecule has 3 aromatic rings. The summed E-state index contributed by atoms with van der Waals surface area (Å²) in [4.78, 5) is 12.3. The van der Waals surface area contributed by atoms with Gasteiger partial charge in [-0.2, -0.15) is 0 Å². The Kier molecular flexibility index (Phi) is 7.48. The van der Waals surface area contributed by atoms with Crippen molar-refractivity contribution in [3.63, 3.8) is 0 Å². The molecular weight excluding hydrogens is 442 g/mol. The van der Waals surface area contributed by atoms with Crippen LogP contribution in [-0.4, -0.2) is 45.5 Å². The van der Waals surface area contributed by atoms with Crippen LogP contribution >= 0.6 is 0 Å². The number of esters is 1. The van der Waals surface area contributed by atoms with E-state index in [4.69, 9.17) is 14.2 Å². The fourth-order valence-corrected chi connectivity index (χ4v) is 4.31. The lowest BCUT2D eigenvalue weighted by atomic mass is 9.99. The average Bonchev–Trinajstić information content (AvgIpc) is 3.15. The molecule has 0 unspecified atom stereocenters. The standard InChI is InChI=1S/C25H29NO6S/c1-6-31-24(27)14-19-12-13-26(25(19)32-7-2)23-16-21(33(5,28)29)15-22(17(23)3)18-8-10-20(30-4)11-9-18/h8-13,15-16H,6-7,14H2,1-5H3. The molecule has 3 rings (SSSR count). The summed E-state index contributed by atoms with van der Waals surface area (Å²) >= 11 is 0. The molecule has 1 heterocycles. The second-order valence-corrected chi connectivity index (χ2v) is 9.56. The molecule has 1 aromatic heterocycles. The Morgan fingerprint density at radius 3 is 2.30 bits per heavy atom. The molecule has 0 radical (unpaired) electrons. The first-order chi connectivity index (χ1) is 15.7. The van der Waals surface area contributed by atoms with Crippen LogP contribution < -0.4 is 9.47 Å². The van der Waals surface area contributed by atoms with E-state index in [1.807, 2.05) is 38.1 Å². The maximum atomic E-state index is 12.5. The zero-order valence-electron chi connectivity index (χ0n) is 19.5. The summed E-state index contributed by atoms with van der Waals surface area (Å²) in [5, 5.41) is 0. The van der Waals surface area contributed by atoms with Gasteiger partial charge in [0, 0.05) is 18.0 Å². The van der Waals surface area contributed by atoms with Gasteiger partial charge in [0.15, 0.2) is 9.84 Å². The van der Waals surface area contributed by atoms with Gasteiger partial charge in [-0.1, -0.05) is 12.1 Å². The molecule has 0 aliphatic rings. The lowest BCUT2D eigenvalue weighted by molar-refractivity contribution is -0.142. The third-order valence-corrected chi connectivity index (χ3v) is 6.37. The van der Waals surface area contributed by atoms with Crippen LogP contribution in [0.3, 0.4) is 0 Å². The molecular formula is C25H29NO6S. The first kappa shape index (κ1) is 24.4. The minimum absolute atomic E-state index is 0.0618. The maximum Gasteiger partial charge on any atom is 0.310 e. The smallest absolute Gasteiger partial charge is 0.310 e. The highest BCUT2D eigenvalue weighted by atomic mass is 32.2. The normalized spacial score (nSPS) is 11.3. The molecule has 8 heteroatoms. The number of rotatable bonds is 9. The predicted molar refractivity (Wildman–Crippen MR) is 127 cm³/mol. The number of benzene rings is 2. The third kappa shape index (κ3) is 5.39. The molecule has 0 amide bonds.